The van der Waals surface area contributed by atoms with Crippen LogP contribution in [0.3, 0.4) is 0 Å². The van der Waals surface area contributed by atoms with Gasteiger partial charge >= 0.3 is 6.03 Å². The Kier molecular flexibility index (Phi) is 7.90. The van der Waals surface area contributed by atoms with E-state index >= 15 is 0 Å². The van der Waals surface area contributed by atoms with Crippen LogP contribution in [-0.4, -0.2) is 22.5 Å². The minimum atomic E-state index is -0.226. The third-order valence-corrected chi connectivity index (χ3v) is 4.58. The molecule has 3 aromatic rings. The molecule has 3 rings (SSSR count). The van der Waals surface area contributed by atoms with Gasteiger partial charge in [-0.3, -0.25) is 0 Å². The fourth-order valence-corrected chi connectivity index (χ4v) is 2.95. The number of nitrogens with zero attached hydrogens (tertiary/aromatic N) is 3. The SMILES string of the molecule is Cc1ccc(C[CH]NC(=O)NCCc2cccc(C=C(C#N)c3ncccn3)c2)cc1. The first-order valence-electron chi connectivity index (χ1n) is 10.0. The predicted molar refractivity (Wildman–Crippen MR) is 121 cm³/mol. The first-order valence-corrected chi connectivity index (χ1v) is 10.0. The fourth-order valence-electron chi connectivity index (χ4n) is 2.95. The normalized spacial score (nSPS) is 10.9. The average Bonchev–Trinajstić information content (AvgIpc) is 2.80. The van der Waals surface area contributed by atoms with E-state index in [0.717, 1.165) is 16.7 Å². The van der Waals surface area contributed by atoms with Crippen molar-refractivity contribution in [1.82, 2.24) is 20.6 Å². The number of nitriles is 1. The molecule has 2 N–H and O–H groups in total. The van der Waals surface area contributed by atoms with Crippen molar-refractivity contribution in [1.29, 1.82) is 5.26 Å². The van der Waals surface area contributed by atoms with Gasteiger partial charge in [0.2, 0.25) is 0 Å². The molecule has 1 aromatic heterocycles. The van der Waals surface area contributed by atoms with E-state index in [9.17, 15) is 10.1 Å². The molecule has 2 aromatic carbocycles. The van der Waals surface area contributed by atoms with Crippen molar-refractivity contribution in [3.63, 3.8) is 0 Å². The Labute approximate surface area is 182 Å². The summed E-state index contributed by atoms with van der Waals surface area (Å²) in [6, 6.07) is 19.7. The van der Waals surface area contributed by atoms with E-state index in [-0.39, 0.29) is 6.03 Å². The van der Waals surface area contributed by atoms with Gasteiger partial charge in [0, 0.05) is 18.9 Å². The van der Waals surface area contributed by atoms with E-state index in [1.165, 1.54) is 5.56 Å². The lowest BCUT2D eigenvalue weighted by Gasteiger charge is -2.08. The highest BCUT2D eigenvalue weighted by Gasteiger charge is 2.05. The summed E-state index contributed by atoms with van der Waals surface area (Å²) in [6.07, 6.45) is 6.34. The molecule has 1 heterocycles. The van der Waals surface area contributed by atoms with Crippen molar-refractivity contribution >= 4 is 17.7 Å². The van der Waals surface area contributed by atoms with E-state index in [4.69, 9.17) is 0 Å². The summed E-state index contributed by atoms with van der Waals surface area (Å²) < 4.78 is 0. The standard InChI is InChI=1S/C25H24N5O/c1-19-6-8-20(9-7-19)10-14-29-25(31)30-15-11-21-4-2-5-22(16-21)17-23(18-26)24-27-12-3-13-28-24/h2-9,12-14,16-17H,10-11,15H2,1H3,(H2,29,30,31). The molecule has 0 atom stereocenters. The van der Waals surface area contributed by atoms with Gasteiger partial charge in [-0.2, -0.15) is 5.26 Å². The molecular weight excluding hydrogens is 386 g/mol. The zero-order valence-corrected chi connectivity index (χ0v) is 17.4. The molecule has 0 fully saturated rings. The Morgan fingerprint density at radius 3 is 2.58 bits per heavy atom. The summed E-state index contributed by atoms with van der Waals surface area (Å²) in [4.78, 5) is 20.2. The second kappa shape index (κ2) is 11.3. The van der Waals surface area contributed by atoms with Crippen molar-refractivity contribution in [3.05, 3.63) is 102 Å². The molecule has 155 valence electrons. The molecule has 0 bridgehead atoms. The molecule has 6 nitrogen and oxygen atoms in total. The molecule has 0 saturated carbocycles. The van der Waals surface area contributed by atoms with Gasteiger partial charge in [0.25, 0.3) is 0 Å². The quantitative estimate of drug-likeness (QED) is 0.547. The van der Waals surface area contributed by atoms with Crippen LogP contribution in [0.15, 0.2) is 67.0 Å². The number of rotatable bonds is 8. The van der Waals surface area contributed by atoms with Crippen molar-refractivity contribution in [2.45, 2.75) is 19.8 Å². The first-order chi connectivity index (χ1) is 15.1. The number of benzene rings is 2. The second-order valence-electron chi connectivity index (χ2n) is 7.03. The van der Waals surface area contributed by atoms with Crippen LogP contribution < -0.4 is 10.6 Å². The largest absolute Gasteiger partial charge is 0.338 e. The predicted octanol–water partition coefficient (Wildman–Crippen LogP) is 4.10. The van der Waals surface area contributed by atoms with E-state index < -0.39 is 0 Å². The van der Waals surface area contributed by atoms with Crippen molar-refractivity contribution in [2.75, 3.05) is 6.54 Å². The number of carbonyl (C=O) groups excluding carboxylic acids is 1. The van der Waals surface area contributed by atoms with Crippen molar-refractivity contribution in [2.24, 2.45) is 0 Å². The summed E-state index contributed by atoms with van der Waals surface area (Å²) in [5.74, 6) is 0.399. The van der Waals surface area contributed by atoms with Gasteiger partial charge in [-0.05, 0) is 48.6 Å². The minimum Gasteiger partial charge on any atom is -0.338 e. The van der Waals surface area contributed by atoms with E-state index in [1.54, 1.807) is 31.1 Å². The Hall–Kier alpha value is -3.98. The highest BCUT2D eigenvalue weighted by atomic mass is 16.2. The summed E-state index contributed by atoms with van der Waals surface area (Å²) in [5.41, 5.74) is 4.71. The summed E-state index contributed by atoms with van der Waals surface area (Å²) in [5, 5.41) is 15.0. The Bertz CT molecular complexity index is 1070. The highest BCUT2D eigenvalue weighted by molar-refractivity contribution is 5.87. The van der Waals surface area contributed by atoms with Crippen LogP contribution in [0.25, 0.3) is 11.6 Å². The summed E-state index contributed by atoms with van der Waals surface area (Å²) in [6.45, 7) is 4.30. The molecule has 6 heteroatoms. The number of aromatic nitrogens is 2. The molecule has 2 amide bonds. The van der Waals surface area contributed by atoms with Crippen molar-refractivity contribution < 1.29 is 4.79 Å². The number of allylic oxidation sites excluding steroid dienone is 1. The molecule has 1 radical (unpaired) electrons. The van der Waals surface area contributed by atoms with Crippen LogP contribution in [0.4, 0.5) is 4.79 Å². The van der Waals surface area contributed by atoms with Crippen LogP contribution >= 0.6 is 0 Å². The lowest BCUT2D eigenvalue weighted by atomic mass is 10.1. The van der Waals surface area contributed by atoms with Crippen LogP contribution in [-0.2, 0) is 12.8 Å². The molecule has 0 aliphatic carbocycles. The number of amides is 2. The van der Waals surface area contributed by atoms with Gasteiger partial charge in [0.1, 0.15) is 6.07 Å². The molecule has 0 aliphatic heterocycles. The van der Waals surface area contributed by atoms with Crippen LogP contribution in [0, 0.1) is 24.8 Å². The van der Waals surface area contributed by atoms with Gasteiger partial charge < -0.3 is 10.6 Å². The van der Waals surface area contributed by atoms with E-state index in [2.05, 4.69) is 50.9 Å². The molecular formula is C25H24N5O. The van der Waals surface area contributed by atoms with E-state index in [0.29, 0.717) is 30.8 Å². The number of carbonyl (C=O) groups is 1. The van der Waals surface area contributed by atoms with Crippen LogP contribution in [0.1, 0.15) is 28.1 Å². The lowest BCUT2D eigenvalue weighted by Crippen LogP contribution is -2.35. The Balaban J connectivity index is 1.46. The van der Waals surface area contributed by atoms with Gasteiger partial charge in [-0.15, -0.1) is 0 Å². The zero-order chi connectivity index (χ0) is 21.9. The van der Waals surface area contributed by atoms with Crippen molar-refractivity contribution in [3.8, 4) is 6.07 Å². The second-order valence-corrected chi connectivity index (χ2v) is 7.03. The number of aryl methyl sites for hydroxylation is 1. The molecule has 0 spiro atoms. The first kappa shape index (κ1) is 21.7. The summed E-state index contributed by atoms with van der Waals surface area (Å²) >= 11 is 0. The number of nitrogens with one attached hydrogen (secondary N) is 2. The zero-order valence-electron chi connectivity index (χ0n) is 17.4. The topological polar surface area (TPSA) is 90.7 Å². The third kappa shape index (κ3) is 7.09. The van der Waals surface area contributed by atoms with Crippen LogP contribution in [0.2, 0.25) is 0 Å². The number of hydrogen-bond donors (Lipinski definition) is 2. The van der Waals surface area contributed by atoms with Gasteiger partial charge in [0.15, 0.2) is 5.82 Å². The third-order valence-electron chi connectivity index (χ3n) is 4.58. The molecule has 31 heavy (non-hydrogen) atoms. The molecule has 0 aliphatic rings. The Morgan fingerprint density at radius 1 is 1.06 bits per heavy atom. The minimum absolute atomic E-state index is 0.226. The van der Waals surface area contributed by atoms with Gasteiger partial charge in [-0.1, -0.05) is 54.1 Å². The lowest BCUT2D eigenvalue weighted by molar-refractivity contribution is 0.243. The fraction of sp³-hybridized carbons (Fsp3) is 0.160. The maximum atomic E-state index is 12.0. The highest BCUT2D eigenvalue weighted by Crippen LogP contribution is 2.15. The molecule has 0 saturated heterocycles. The monoisotopic (exact) mass is 410 g/mol. The molecule has 0 unspecified atom stereocenters. The Morgan fingerprint density at radius 2 is 1.84 bits per heavy atom. The van der Waals surface area contributed by atoms with Crippen LogP contribution in [0.5, 0.6) is 0 Å². The maximum Gasteiger partial charge on any atom is 0.315 e. The summed E-state index contributed by atoms with van der Waals surface area (Å²) in [7, 11) is 0. The number of urea groups is 1. The van der Waals surface area contributed by atoms with Gasteiger partial charge in [0.05, 0.1) is 12.1 Å². The van der Waals surface area contributed by atoms with E-state index in [1.807, 2.05) is 31.2 Å². The number of hydrogen-bond acceptors (Lipinski definition) is 4. The maximum absolute atomic E-state index is 12.0. The van der Waals surface area contributed by atoms with Gasteiger partial charge in [-0.25, -0.2) is 14.8 Å². The average molecular weight is 411 g/mol. The smallest absolute Gasteiger partial charge is 0.315 e.